The third kappa shape index (κ3) is 5.61. The van der Waals surface area contributed by atoms with Crippen LogP contribution in [0.3, 0.4) is 0 Å². The van der Waals surface area contributed by atoms with Crippen LogP contribution < -0.4 is 5.32 Å². The normalized spacial score (nSPS) is 12.7. The standard InChI is InChI=1S/C13H19BrFNO/c1-3-4-17-9-13(16-2)7-10-5-11(14)8-12(15)6-10/h5-6,8,13,16H,3-4,7,9H2,1-2H3. The molecule has 0 bridgehead atoms. The van der Waals surface area contributed by atoms with E-state index in [1.165, 1.54) is 6.07 Å². The lowest BCUT2D eigenvalue weighted by Gasteiger charge is -2.16. The molecule has 2 nitrogen and oxygen atoms in total. The monoisotopic (exact) mass is 303 g/mol. The van der Waals surface area contributed by atoms with Gasteiger partial charge in [-0.15, -0.1) is 0 Å². The van der Waals surface area contributed by atoms with Crippen molar-refractivity contribution in [1.82, 2.24) is 5.32 Å². The van der Waals surface area contributed by atoms with Gasteiger partial charge in [0.15, 0.2) is 0 Å². The van der Waals surface area contributed by atoms with E-state index in [1.54, 1.807) is 6.07 Å². The maximum absolute atomic E-state index is 13.2. The lowest BCUT2D eigenvalue weighted by molar-refractivity contribution is 0.114. The molecule has 1 atom stereocenters. The Morgan fingerprint density at radius 3 is 2.76 bits per heavy atom. The average molecular weight is 304 g/mol. The second kappa shape index (κ2) is 7.80. The van der Waals surface area contributed by atoms with Gasteiger partial charge >= 0.3 is 0 Å². The Hall–Kier alpha value is -0.450. The number of hydrogen-bond acceptors (Lipinski definition) is 2. The summed E-state index contributed by atoms with van der Waals surface area (Å²) in [5.41, 5.74) is 0.969. The van der Waals surface area contributed by atoms with Gasteiger partial charge in [-0.05, 0) is 43.7 Å². The Labute approximate surface area is 111 Å². The highest BCUT2D eigenvalue weighted by Crippen LogP contribution is 2.16. The van der Waals surface area contributed by atoms with Crippen LogP contribution in [-0.4, -0.2) is 26.3 Å². The molecule has 0 radical (unpaired) electrons. The smallest absolute Gasteiger partial charge is 0.124 e. The quantitative estimate of drug-likeness (QED) is 0.781. The molecule has 0 aliphatic heterocycles. The molecule has 1 N–H and O–H groups in total. The fourth-order valence-electron chi connectivity index (χ4n) is 1.63. The molecule has 1 rings (SSSR count). The van der Waals surface area contributed by atoms with Crippen molar-refractivity contribution >= 4 is 15.9 Å². The van der Waals surface area contributed by atoms with E-state index in [4.69, 9.17) is 4.74 Å². The Kier molecular flexibility index (Phi) is 6.70. The van der Waals surface area contributed by atoms with Crippen molar-refractivity contribution in [3.63, 3.8) is 0 Å². The van der Waals surface area contributed by atoms with Crippen molar-refractivity contribution in [1.29, 1.82) is 0 Å². The molecule has 0 amide bonds. The molecule has 1 unspecified atom stereocenters. The first-order chi connectivity index (χ1) is 8.15. The van der Waals surface area contributed by atoms with E-state index in [0.717, 1.165) is 29.5 Å². The second-order valence-corrected chi connectivity index (χ2v) is 4.96. The molecule has 0 spiro atoms. The van der Waals surface area contributed by atoms with E-state index >= 15 is 0 Å². The fourth-order valence-corrected chi connectivity index (χ4v) is 2.14. The largest absolute Gasteiger partial charge is 0.380 e. The van der Waals surface area contributed by atoms with Gasteiger partial charge in [-0.2, -0.15) is 0 Å². The third-order valence-electron chi connectivity index (χ3n) is 2.48. The first-order valence-electron chi connectivity index (χ1n) is 5.85. The molecule has 0 heterocycles. The lowest BCUT2D eigenvalue weighted by atomic mass is 10.1. The molecule has 1 aromatic rings. The van der Waals surface area contributed by atoms with E-state index in [0.29, 0.717) is 6.61 Å². The van der Waals surface area contributed by atoms with E-state index in [2.05, 4.69) is 28.2 Å². The summed E-state index contributed by atoms with van der Waals surface area (Å²) in [5.74, 6) is -0.210. The number of hydrogen-bond donors (Lipinski definition) is 1. The van der Waals surface area contributed by atoms with E-state index in [1.807, 2.05) is 13.1 Å². The molecule has 4 heteroatoms. The van der Waals surface area contributed by atoms with E-state index < -0.39 is 0 Å². The van der Waals surface area contributed by atoms with Crippen LogP contribution in [0.4, 0.5) is 4.39 Å². The molecule has 17 heavy (non-hydrogen) atoms. The van der Waals surface area contributed by atoms with Gasteiger partial charge in [-0.25, -0.2) is 4.39 Å². The highest BCUT2D eigenvalue weighted by molar-refractivity contribution is 9.10. The zero-order chi connectivity index (χ0) is 12.7. The Morgan fingerprint density at radius 2 is 2.18 bits per heavy atom. The molecule has 96 valence electrons. The van der Waals surface area contributed by atoms with Gasteiger partial charge in [-0.1, -0.05) is 22.9 Å². The average Bonchev–Trinajstić information content (AvgIpc) is 2.26. The molecule has 1 aromatic carbocycles. The summed E-state index contributed by atoms with van der Waals surface area (Å²) in [5, 5.41) is 3.19. The van der Waals surface area contributed by atoms with Crippen LogP contribution in [0.25, 0.3) is 0 Å². The summed E-state index contributed by atoms with van der Waals surface area (Å²) in [6, 6.07) is 5.18. The molecule has 0 aliphatic rings. The summed E-state index contributed by atoms with van der Waals surface area (Å²) in [6.07, 6.45) is 1.78. The number of ether oxygens (including phenoxy) is 1. The van der Waals surface area contributed by atoms with Gasteiger partial charge < -0.3 is 10.1 Å². The number of rotatable bonds is 7. The van der Waals surface area contributed by atoms with Crippen molar-refractivity contribution < 1.29 is 9.13 Å². The SMILES string of the molecule is CCCOCC(Cc1cc(F)cc(Br)c1)NC. The predicted molar refractivity (Wildman–Crippen MR) is 71.8 cm³/mol. The molecule has 0 saturated carbocycles. The molecule has 0 aromatic heterocycles. The zero-order valence-electron chi connectivity index (χ0n) is 10.3. The van der Waals surface area contributed by atoms with Crippen LogP contribution in [0.1, 0.15) is 18.9 Å². The maximum Gasteiger partial charge on any atom is 0.124 e. The number of halogens is 2. The highest BCUT2D eigenvalue weighted by atomic mass is 79.9. The minimum Gasteiger partial charge on any atom is -0.380 e. The number of nitrogens with one attached hydrogen (secondary N) is 1. The summed E-state index contributed by atoms with van der Waals surface area (Å²) >= 11 is 3.30. The van der Waals surface area contributed by atoms with Crippen molar-refractivity contribution in [3.8, 4) is 0 Å². The highest BCUT2D eigenvalue weighted by Gasteiger charge is 2.08. The van der Waals surface area contributed by atoms with Gasteiger partial charge in [-0.3, -0.25) is 0 Å². The second-order valence-electron chi connectivity index (χ2n) is 4.04. The maximum atomic E-state index is 13.2. The minimum absolute atomic E-state index is 0.210. The van der Waals surface area contributed by atoms with Gasteiger partial charge in [0.05, 0.1) is 6.61 Å². The summed E-state index contributed by atoms with van der Waals surface area (Å²) in [7, 11) is 1.90. The van der Waals surface area contributed by atoms with Crippen molar-refractivity contribution in [2.75, 3.05) is 20.3 Å². The minimum atomic E-state index is -0.210. The van der Waals surface area contributed by atoms with Gasteiger partial charge in [0.2, 0.25) is 0 Å². The van der Waals surface area contributed by atoms with E-state index in [9.17, 15) is 4.39 Å². The van der Waals surface area contributed by atoms with Crippen LogP contribution in [0.5, 0.6) is 0 Å². The Morgan fingerprint density at radius 1 is 1.41 bits per heavy atom. The zero-order valence-corrected chi connectivity index (χ0v) is 11.9. The first kappa shape index (κ1) is 14.6. The molecule has 0 aliphatic carbocycles. The summed E-state index contributed by atoms with van der Waals surface area (Å²) in [6.45, 7) is 3.50. The van der Waals surface area contributed by atoms with E-state index in [-0.39, 0.29) is 11.9 Å². The fraction of sp³-hybridized carbons (Fsp3) is 0.538. The van der Waals surface area contributed by atoms with Crippen LogP contribution in [0.15, 0.2) is 22.7 Å². The van der Waals surface area contributed by atoms with Crippen LogP contribution in [0.2, 0.25) is 0 Å². The third-order valence-corrected chi connectivity index (χ3v) is 2.94. The number of benzene rings is 1. The van der Waals surface area contributed by atoms with Gasteiger partial charge in [0, 0.05) is 17.1 Å². The van der Waals surface area contributed by atoms with Gasteiger partial charge in [0.1, 0.15) is 5.82 Å². The topological polar surface area (TPSA) is 21.3 Å². The molecule has 0 fully saturated rings. The lowest BCUT2D eigenvalue weighted by Crippen LogP contribution is -2.32. The van der Waals surface area contributed by atoms with Crippen LogP contribution >= 0.6 is 15.9 Å². The summed E-state index contributed by atoms with van der Waals surface area (Å²) in [4.78, 5) is 0. The first-order valence-corrected chi connectivity index (χ1v) is 6.65. The molecular formula is C13H19BrFNO. The molecule has 0 saturated heterocycles. The van der Waals surface area contributed by atoms with Crippen molar-refractivity contribution in [3.05, 3.63) is 34.1 Å². The summed E-state index contributed by atoms with van der Waals surface area (Å²) < 4.78 is 19.5. The van der Waals surface area contributed by atoms with Gasteiger partial charge in [0.25, 0.3) is 0 Å². The Balaban J connectivity index is 2.54. The molecular weight excluding hydrogens is 285 g/mol. The van der Waals surface area contributed by atoms with Crippen molar-refractivity contribution in [2.45, 2.75) is 25.8 Å². The van der Waals surface area contributed by atoms with Crippen LogP contribution in [0, 0.1) is 5.82 Å². The van der Waals surface area contributed by atoms with Crippen LogP contribution in [-0.2, 0) is 11.2 Å². The predicted octanol–water partition coefficient (Wildman–Crippen LogP) is 3.15. The number of likely N-dealkylation sites (N-methyl/N-ethyl adjacent to an activating group) is 1. The van der Waals surface area contributed by atoms with Crippen molar-refractivity contribution in [2.24, 2.45) is 0 Å². The Bertz CT molecular complexity index is 326.